The van der Waals surface area contributed by atoms with E-state index >= 15 is 0 Å². The molecule has 0 fully saturated rings. The summed E-state index contributed by atoms with van der Waals surface area (Å²) in [6, 6.07) is 0. The molecule has 0 bridgehead atoms. The van der Waals surface area contributed by atoms with Gasteiger partial charge in [-0.1, -0.05) is 26.2 Å². The van der Waals surface area contributed by atoms with Gasteiger partial charge in [-0.15, -0.1) is 0 Å². The highest BCUT2D eigenvalue weighted by Crippen LogP contribution is 2.12. The van der Waals surface area contributed by atoms with E-state index in [1.54, 1.807) is 0 Å². The van der Waals surface area contributed by atoms with Gasteiger partial charge in [0.25, 0.3) is 0 Å². The van der Waals surface area contributed by atoms with Crippen molar-refractivity contribution < 1.29 is 9.90 Å². The van der Waals surface area contributed by atoms with Gasteiger partial charge < -0.3 is 5.11 Å². The van der Waals surface area contributed by atoms with E-state index < -0.39 is 6.09 Å². The van der Waals surface area contributed by atoms with Crippen molar-refractivity contribution >= 4 is 18.0 Å². The van der Waals surface area contributed by atoms with Crippen molar-refractivity contribution in [2.45, 2.75) is 39.5 Å². The maximum absolute atomic E-state index is 10.6. The lowest BCUT2D eigenvalue weighted by Gasteiger charge is -2.14. The maximum Gasteiger partial charge on any atom is 0.417 e. The highest BCUT2D eigenvalue weighted by Gasteiger charge is 2.08. The van der Waals surface area contributed by atoms with E-state index in [1.807, 2.05) is 6.92 Å². The Balaban J connectivity index is 3.33. The summed E-state index contributed by atoms with van der Waals surface area (Å²) >= 11 is 1.41. The molecule has 0 saturated carbocycles. The van der Waals surface area contributed by atoms with Crippen LogP contribution in [-0.2, 0) is 0 Å². The van der Waals surface area contributed by atoms with Gasteiger partial charge in [-0.3, -0.25) is 4.31 Å². The average Bonchev–Trinajstić information content (AvgIpc) is 2.10. The van der Waals surface area contributed by atoms with Crippen molar-refractivity contribution in [1.82, 2.24) is 4.31 Å². The highest BCUT2D eigenvalue weighted by atomic mass is 32.2. The van der Waals surface area contributed by atoms with E-state index in [2.05, 4.69) is 6.92 Å². The molecule has 0 heterocycles. The molecule has 0 aliphatic rings. The lowest BCUT2D eigenvalue weighted by Crippen LogP contribution is -2.22. The van der Waals surface area contributed by atoms with Crippen molar-refractivity contribution in [2.24, 2.45) is 0 Å². The smallest absolute Gasteiger partial charge is 0.417 e. The molecule has 1 amide bonds. The second-order valence-corrected chi connectivity index (χ2v) is 3.98. The Morgan fingerprint density at radius 1 is 1.31 bits per heavy atom. The summed E-state index contributed by atoms with van der Waals surface area (Å²) in [5.41, 5.74) is 0. The standard InChI is InChI=1S/C9H19NO2S/c1-3-5-6-7-8-13-10(4-2)9(11)12/h3-8H2,1-2H3,(H,11,12). The van der Waals surface area contributed by atoms with E-state index in [-0.39, 0.29) is 0 Å². The minimum atomic E-state index is -0.831. The molecule has 0 unspecified atom stereocenters. The Kier molecular flexibility index (Phi) is 7.99. The lowest BCUT2D eigenvalue weighted by molar-refractivity contribution is 0.176. The molecule has 0 saturated heterocycles. The van der Waals surface area contributed by atoms with E-state index in [9.17, 15) is 4.79 Å². The van der Waals surface area contributed by atoms with Crippen LogP contribution >= 0.6 is 11.9 Å². The number of carboxylic acid groups (broad SMARTS) is 1. The summed E-state index contributed by atoms with van der Waals surface area (Å²) in [7, 11) is 0. The molecule has 0 atom stereocenters. The zero-order chi connectivity index (χ0) is 10.1. The van der Waals surface area contributed by atoms with Crippen LogP contribution < -0.4 is 0 Å². The fourth-order valence-corrected chi connectivity index (χ4v) is 1.83. The largest absolute Gasteiger partial charge is 0.464 e. The van der Waals surface area contributed by atoms with Crippen LogP contribution in [-0.4, -0.2) is 27.8 Å². The molecule has 13 heavy (non-hydrogen) atoms. The molecule has 4 heteroatoms. The number of rotatable bonds is 7. The number of amides is 1. The number of hydrogen-bond donors (Lipinski definition) is 1. The molecule has 0 spiro atoms. The summed E-state index contributed by atoms with van der Waals surface area (Å²) in [6.07, 6.45) is 3.96. The molecule has 1 N–H and O–H groups in total. The summed E-state index contributed by atoms with van der Waals surface area (Å²) in [6.45, 7) is 4.59. The second-order valence-electron chi connectivity index (χ2n) is 2.87. The van der Waals surface area contributed by atoms with Crippen molar-refractivity contribution in [3.63, 3.8) is 0 Å². The number of hydrogen-bond acceptors (Lipinski definition) is 2. The van der Waals surface area contributed by atoms with Gasteiger partial charge in [-0.2, -0.15) is 0 Å². The van der Waals surface area contributed by atoms with Gasteiger partial charge in [0.15, 0.2) is 0 Å². The first kappa shape index (κ1) is 12.6. The predicted octanol–water partition coefficient (Wildman–Crippen LogP) is 3.21. The molecule has 0 aromatic heterocycles. The average molecular weight is 205 g/mol. The molecule has 0 rings (SSSR count). The Hall–Kier alpha value is -0.380. The quantitative estimate of drug-likeness (QED) is 0.512. The van der Waals surface area contributed by atoms with Crippen LogP contribution in [0, 0.1) is 0 Å². The van der Waals surface area contributed by atoms with Gasteiger partial charge in [0.1, 0.15) is 0 Å². The fourth-order valence-electron chi connectivity index (χ4n) is 0.985. The van der Waals surface area contributed by atoms with E-state index in [1.165, 1.54) is 35.5 Å². The van der Waals surface area contributed by atoms with Gasteiger partial charge in [0, 0.05) is 12.3 Å². The van der Waals surface area contributed by atoms with Gasteiger partial charge in [0.2, 0.25) is 0 Å². The number of carbonyl (C=O) groups is 1. The molecule has 0 aliphatic carbocycles. The SMILES string of the molecule is CCCCCCSN(CC)C(=O)O. The zero-order valence-electron chi connectivity index (χ0n) is 8.45. The first-order valence-corrected chi connectivity index (χ1v) is 5.80. The van der Waals surface area contributed by atoms with Crippen molar-refractivity contribution in [2.75, 3.05) is 12.3 Å². The Labute approximate surface area is 84.6 Å². The van der Waals surface area contributed by atoms with Gasteiger partial charge >= 0.3 is 6.09 Å². The van der Waals surface area contributed by atoms with Crippen molar-refractivity contribution in [1.29, 1.82) is 0 Å². The van der Waals surface area contributed by atoms with Crippen molar-refractivity contribution in [3.05, 3.63) is 0 Å². The fraction of sp³-hybridized carbons (Fsp3) is 0.889. The van der Waals surface area contributed by atoms with E-state index in [4.69, 9.17) is 5.11 Å². The summed E-state index contributed by atoms with van der Waals surface area (Å²) < 4.78 is 1.38. The Morgan fingerprint density at radius 2 is 2.00 bits per heavy atom. The third kappa shape index (κ3) is 6.75. The van der Waals surface area contributed by atoms with Crippen LogP contribution in [0.5, 0.6) is 0 Å². The molecule has 0 radical (unpaired) electrons. The number of unbranched alkanes of at least 4 members (excludes halogenated alkanes) is 3. The Bertz CT molecular complexity index is 142. The van der Waals surface area contributed by atoms with Crippen LogP contribution in [0.2, 0.25) is 0 Å². The first-order chi connectivity index (χ1) is 6.22. The minimum absolute atomic E-state index is 0.563. The third-order valence-corrected chi connectivity index (χ3v) is 2.94. The Morgan fingerprint density at radius 3 is 2.46 bits per heavy atom. The summed E-state index contributed by atoms with van der Waals surface area (Å²) in [5, 5.41) is 8.68. The summed E-state index contributed by atoms with van der Waals surface area (Å²) in [4.78, 5) is 10.6. The van der Waals surface area contributed by atoms with Crippen molar-refractivity contribution in [3.8, 4) is 0 Å². The van der Waals surface area contributed by atoms with Gasteiger partial charge in [-0.05, 0) is 25.3 Å². The van der Waals surface area contributed by atoms with E-state index in [0.717, 1.165) is 12.2 Å². The van der Waals surface area contributed by atoms with Crippen LogP contribution in [0.1, 0.15) is 39.5 Å². The van der Waals surface area contributed by atoms with Crippen LogP contribution in [0.25, 0.3) is 0 Å². The topological polar surface area (TPSA) is 40.5 Å². The highest BCUT2D eigenvalue weighted by molar-refractivity contribution is 7.97. The number of nitrogens with zero attached hydrogens (tertiary/aromatic N) is 1. The molecular weight excluding hydrogens is 186 g/mol. The van der Waals surface area contributed by atoms with Gasteiger partial charge in [0.05, 0.1) is 0 Å². The lowest BCUT2D eigenvalue weighted by atomic mass is 10.2. The molecule has 0 aliphatic heterocycles. The monoisotopic (exact) mass is 205 g/mol. The maximum atomic E-state index is 10.6. The first-order valence-electron chi connectivity index (χ1n) is 4.85. The van der Waals surface area contributed by atoms with Gasteiger partial charge in [-0.25, -0.2) is 4.79 Å². The van der Waals surface area contributed by atoms with Crippen LogP contribution in [0.15, 0.2) is 0 Å². The minimum Gasteiger partial charge on any atom is -0.464 e. The van der Waals surface area contributed by atoms with Crippen LogP contribution in [0.3, 0.4) is 0 Å². The predicted molar refractivity (Wildman–Crippen MR) is 57.0 cm³/mol. The second kappa shape index (κ2) is 8.23. The normalized spacial score (nSPS) is 10.0. The van der Waals surface area contributed by atoms with E-state index in [0.29, 0.717) is 6.54 Å². The summed E-state index contributed by atoms with van der Waals surface area (Å²) in [5.74, 6) is 0.917. The zero-order valence-corrected chi connectivity index (χ0v) is 9.27. The molecule has 0 aromatic carbocycles. The molecule has 0 aromatic rings. The third-order valence-electron chi connectivity index (χ3n) is 1.75. The molecule has 3 nitrogen and oxygen atoms in total. The molecular formula is C9H19NO2S. The molecule has 78 valence electrons. The van der Waals surface area contributed by atoms with Crippen LogP contribution in [0.4, 0.5) is 4.79 Å².